The van der Waals surface area contributed by atoms with Gasteiger partial charge in [0, 0.05) is 32.4 Å². The molecule has 1 aromatic heterocycles. The second-order valence-electron chi connectivity index (χ2n) is 6.49. The summed E-state index contributed by atoms with van der Waals surface area (Å²) in [6.07, 6.45) is 3.11. The van der Waals surface area contributed by atoms with Gasteiger partial charge in [0.2, 0.25) is 0 Å². The number of rotatable bonds is 2. The summed E-state index contributed by atoms with van der Waals surface area (Å²) in [5.74, 6) is -0.0625. The van der Waals surface area contributed by atoms with Gasteiger partial charge in [-0.25, -0.2) is 0 Å². The van der Waals surface area contributed by atoms with Crippen LogP contribution in [0.1, 0.15) is 30.5 Å². The third-order valence-corrected chi connectivity index (χ3v) is 3.81. The van der Waals surface area contributed by atoms with E-state index in [-0.39, 0.29) is 31.6 Å². The summed E-state index contributed by atoms with van der Waals surface area (Å²) in [6.45, 7) is 9.14. The van der Waals surface area contributed by atoms with Crippen molar-refractivity contribution in [3.63, 3.8) is 0 Å². The molecule has 1 N–H and O–H groups in total. The van der Waals surface area contributed by atoms with Gasteiger partial charge in [-0.2, -0.15) is 0 Å². The summed E-state index contributed by atoms with van der Waals surface area (Å²) in [7, 11) is 0. The molecule has 2 aromatic carbocycles. The van der Waals surface area contributed by atoms with Crippen LogP contribution in [-0.4, -0.2) is 15.9 Å². The number of aryl methyl sites for hydroxylation is 3. The molecular formula is C23H24IrNO2-. The number of hydrogen-bond acceptors (Lipinski definition) is 3. The Labute approximate surface area is 174 Å². The molecule has 0 atom stereocenters. The van der Waals surface area contributed by atoms with Gasteiger partial charge >= 0.3 is 0 Å². The Morgan fingerprint density at radius 2 is 1.70 bits per heavy atom. The second-order valence-corrected chi connectivity index (χ2v) is 6.49. The van der Waals surface area contributed by atoms with Crippen molar-refractivity contribution in [1.82, 2.24) is 4.98 Å². The predicted octanol–water partition coefficient (Wildman–Crippen LogP) is 5.66. The fourth-order valence-electron chi connectivity index (χ4n) is 2.87. The molecule has 0 spiro atoms. The van der Waals surface area contributed by atoms with Crippen LogP contribution in [0.25, 0.3) is 22.0 Å². The van der Waals surface area contributed by atoms with Gasteiger partial charge in [0.25, 0.3) is 0 Å². The van der Waals surface area contributed by atoms with Gasteiger partial charge in [-0.05, 0) is 42.8 Å². The summed E-state index contributed by atoms with van der Waals surface area (Å²) >= 11 is 0. The number of carbonyl (C=O) groups is 1. The van der Waals surface area contributed by atoms with Gasteiger partial charge in [-0.3, -0.25) is 4.79 Å². The number of ketones is 1. The van der Waals surface area contributed by atoms with Crippen molar-refractivity contribution < 1.29 is 30.0 Å². The number of carbonyl (C=O) groups excluding carboxylic acids is 1. The molecule has 0 saturated carbocycles. The van der Waals surface area contributed by atoms with E-state index in [2.05, 4.69) is 68.2 Å². The fourth-order valence-corrected chi connectivity index (χ4v) is 2.87. The molecule has 3 nitrogen and oxygen atoms in total. The van der Waals surface area contributed by atoms with Gasteiger partial charge in [0.05, 0.1) is 5.76 Å². The van der Waals surface area contributed by atoms with E-state index in [1.165, 1.54) is 41.8 Å². The Hall–Kier alpha value is -2.29. The molecule has 27 heavy (non-hydrogen) atoms. The standard InChI is InChI=1S/C18H16N.C5H8O2.Ir/c1-12-8-13(2)10-15(9-12)18-17-7-5-4-6-16(17)14(3)11-19-18;1-4(6)3-5(2)7;/h4-9,11H,1-3H3;3,6H,1-2H3;/q-1;;/b;4-3-;. The molecule has 3 aromatic rings. The molecule has 0 bridgehead atoms. The zero-order valence-electron chi connectivity index (χ0n) is 16.3. The van der Waals surface area contributed by atoms with E-state index in [9.17, 15) is 4.79 Å². The van der Waals surface area contributed by atoms with Crippen molar-refractivity contribution >= 4 is 16.6 Å². The molecule has 0 aliphatic carbocycles. The number of aliphatic hydroxyl groups excluding tert-OH is 1. The zero-order chi connectivity index (χ0) is 19.3. The minimum absolute atomic E-state index is 0. The van der Waals surface area contributed by atoms with Crippen molar-refractivity contribution in [2.45, 2.75) is 34.6 Å². The predicted molar refractivity (Wildman–Crippen MR) is 107 cm³/mol. The Kier molecular flexibility index (Phi) is 8.55. The monoisotopic (exact) mass is 539 g/mol. The Balaban J connectivity index is 0.000000395. The number of hydrogen-bond donors (Lipinski definition) is 1. The number of nitrogens with zero attached hydrogens (tertiary/aromatic N) is 1. The summed E-state index contributed by atoms with van der Waals surface area (Å²) in [4.78, 5) is 14.6. The van der Waals surface area contributed by atoms with Crippen LogP contribution < -0.4 is 0 Å². The molecule has 3 rings (SSSR count). The van der Waals surface area contributed by atoms with E-state index in [0.29, 0.717) is 0 Å². The van der Waals surface area contributed by atoms with E-state index >= 15 is 0 Å². The molecule has 0 aliphatic heterocycles. The van der Waals surface area contributed by atoms with Crippen molar-refractivity contribution in [2.24, 2.45) is 0 Å². The van der Waals surface area contributed by atoms with Gasteiger partial charge < -0.3 is 10.1 Å². The molecule has 0 fully saturated rings. The molecule has 1 radical (unpaired) electrons. The smallest absolute Gasteiger partial charge is 0.155 e. The normalized spacial score (nSPS) is 10.6. The maximum absolute atomic E-state index is 10.0. The average molecular weight is 539 g/mol. The summed E-state index contributed by atoms with van der Waals surface area (Å²) in [5.41, 5.74) is 5.71. The molecule has 0 unspecified atom stereocenters. The van der Waals surface area contributed by atoms with Crippen molar-refractivity contribution in [3.05, 3.63) is 77.2 Å². The zero-order valence-corrected chi connectivity index (χ0v) is 18.6. The Bertz CT molecular complexity index is 953. The molecule has 4 heteroatoms. The average Bonchev–Trinajstić information content (AvgIpc) is 2.54. The van der Waals surface area contributed by atoms with E-state index < -0.39 is 0 Å². The van der Waals surface area contributed by atoms with E-state index in [1.54, 1.807) is 0 Å². The maximum atomic E-state index is 10.0. The van der Waals surface area contributed by atoms with Gasteiger partial charge in [0.15, 0.2) is 5.78 Å². The first-order valence-electron chi connectivity index (χ1n) is 8.51. The SMILES string of the molecule is CC(=O)/C=C(/C)O.Cc1[c-]c(-c2ncc(C)c3ccccc23)cc(C)c1.[Ir]. The van der Waals surface area contributed by atoms with Gasteiger partial charge in [-0.15, -0.1) is 34.9 Å². The first kappa shape index (κ1) is 22.7. The first-order valence-corrected chi connectivity index (χ1v) is 8.51. The van der Waals surface area contributed by atoms with Crippen LogP contribution in [0.15, 0.2) is 54.4 Å². The third kappa shape index (κ3) is 6.42. The number of benzene rings is 2. The topological polar surface area (TPSA) is 50.2 Å². The summed E-state index contributed by atoms with van der Waals surface area (Å²) < 4.78 is 0. The minimum Gasteiger partial charge on any atom is -0.512 e. The van der Waals surface area contributed by atoms with Crippen LogP contribution >= 0.6 is 0 Å². The quantitative estimate of drug-likeness (QED) is 0.260. The largest absolute Gasteiger partial charge is 0.512 e. The molecule has 0 amide bonds. The number of aromatic nitrogens is 1. The van der Waals surface area contributed by atoms with Crippen LogP contribution in [0, 0.1) is 26.8 Å². The number of allylic oxidation sites excluding steroid dienone is 2. The number of pyridine rings is 1. The molecule has 143 valence electrons. The van der Waals surface area contributed by atoms with E-state index in [4.69, 9.17) is 5.11 Å². The maximum Gasteiger partial charge on any atom is 0.155 e. The first-order chi connectivity index (χ1) is 12.3. The van der Waals surface area contributed by atoms with Crippen molar-refractivity contribution in [2.75, 3.05) is 0 Å². The van der Waals surface area contributed by atoms with Crippen LogP contribution in [0.2, 0.25) is 0 Å². The summed E-state index contributed by atoms with van der Waals surface area (Å²) in [6, 6.07) is 16.1. The second kappa shape index (κ2) is 10.1. The van der Waals surface area contributed by atoms with Crippen LogP contribution in [0.5, 0.6) is 0 Å². The Morgan fingerprint density at radius 3 is 2.22 bits per heavy atom. The number of aliphatic hydroxyl groups is 1. The van der Waals surface area contributed by atoms with E-state index in [0.717, 1.165) is 16.8 Å². The van der Waals surface area contributed by atoms with Gasteiger partial charge in [-0.1, -0.05) is 38.1 Å². The Morgan fingerprint density at radius 1 is 1.07 bits per heavy atom. The van der Waals surface area contributed by atoms with Crippen molar-refractivity contribution in [3.8, 4) is 11.3 Å². The van der Waals surface area contributed by atoms with Crippen LogP contribution in [0.3, 0.4) is 0 Å². The molecule has 0 aliphatic rings. The number of fused-ring (bicyclic) bond motifs is 1. The van der Waals surface area contributed by atoms with Crippen molar-refractivity contribution in [1.29, 1.82) is 0 Å². The molecular weight excluding hydrogens is 514 g/mol. The third-order valence-electron chi connectivity index (χ3n) is 3.81. The van der Waals surface area contributed by atoms with E-state index in [1.807, 2.05) is 6.20 Å². The molecule has 1 heterocycles. The molecule has 0 saturated heterocycles. The van der Waals surface area contributed by atoms with Crippen LogP contribution in [0.4, 0.5) is 0 Å². The minimum atomic E-state index is -0.125. The fraction of sp³-hybridized carbons (Fsp3) is 0.217. The van der Waals surface area contributed by atoms with Gasteiger partial charge in [0.1, 0.15) is 0 Å². The summed E-state index contributed by atoms with van der Waals surface area (Å²) in [5, 5.41) is 10.8. The van der Waals surface area contributed by atoms with Crippen LogP contribution in [-0.2, 0) is 24.9 Å².